The van der Waals surface area contributed by atoms with Gasteiger partial charge in [0.05, 0.1) is 13.1 Å². The highest BCUT2D eigenvalue weighted by atomic mass is 19.3. The number of alkyl halides is 4. The van der Waals surface area contributed by atoms with Crippen LogP contribution >= 0.6 is 0 Å². The van der Waals surface area contributed by atoms with Crippen molar-refractivity contribution in [2.75, 3.05) is 0 Å². The number of ketones is 1. The normalized spacial score (nSPS) is 16.2. The van der Waals surface area contributed by atoms with Crippen molar-refractivity contribution in [3.63, 3.8) is 0 Å². The van der Waals surface area contributed by atoms with E-state index in [-0.39, 0.29) is 29.8 Å². The minimum absolute atomic E-state index is 0.0803. The maximum Gasteiger partial charge on any atom is 0.311 e. The van der Waals surface area contributed by atoms with Gasteiger partial charge in [0, 0.05) is 42.4 Å². The first-order valence-corrected chi connectivity index (χ1v) is 11.4. The van der Waals surface area contributed by atoms with Crippen LogP contribution in [0.15, 0.2) is 78.7 Å². The smallest absolute Gasteiger partial charge is 0.311 e. The lowest BCUT2D eigenvalue weighted by Crippen LogP contribution is -2.37. The van der Waals surface area contributed by atoms with E-state index in [9.17, 15) is 36.2 Å². The lowest BCUT2D eigenvalue weighted by Gasteiger charge is -2.29. The van der Waals surface area contributed by atoms with E-state index in [0.717, 1.165) is 12.1 Å². The number of hydrogen-bond acceptors (Lipinski definition) is 4. The van der Waals surface area contributed by atoms with Crippen molar-refractivity contribution in [1.82, 2.24) is 19.3 Å². The van der Waals surface area contributed by atoms with Gasteiger partial charge in [0.25, 0.3) is 0 Å². The topological polar surface area (TPSA) is 72.9 Å². The number of benzene rings is 1. The number of aliphatic hydroxyl groups is 1. The molecule has 1 N–H and O–H groups in total. The molecule has 0 bridgehead atoms. The zero-order valence-electron chi connectivity index (χ0n) is 19.7. The van der Waals surface area contributed by atoms with Crippen LogP contribution in [0, 0.1) is 11.6 Å². The number of Topliss-reactive ketones (excluding diaryl/α,β-unsaturated/α-hetero) is 1. The van der Waals surface area contributed by atoms with Gasteiger partial charge in [-0.2, -0.15) is 13.9 Å². The van der Waals surface area contributed by atoms with E-state index < -0.39 is 48.2 Å². The Hall–Kier alpha value is -3.93. The summed E-state index contributed by atoms with van der Waals surface area (Å²) in [7, 11) is 0. The number of hydrogen-bond donors (Lipinski definition) is 1. The van der Waals surface area contributed by atoms with Crippen LogP contribution in [0.25, 0.3) is 6.08 Å². The molecule has 0 spiro atoms. The first-order chi connectivity index (χ1) is 17.9. The van der Waals surface area contributed by atoms with Crippen molar-refractivity contribution in [2.45, 2.75) is 43.9 Å². The summed E-state index contributed by atoms with van der Waals surface area (Å²) in [5, 5.41) is 15.4. The molecular formula is C26H22F6N4O2. The van der Waals surface area contributed by atoms with Gasteiger partial charge in [0.15, 0.2) is 5.78 Å². The molecule has 1 atom stereocenters. The first kappa shape index (κ1) is 27.1. The molecule has 1 aliphatic rings. The largest absolute Gasteiger partial charge is 0.381 e. The molecule has 0 amide bonds. The number of nitrogens with zero attached hydrogens (tertiary/aromatic N) is 4. The molecule has 3 aromatic rings. The molecule has 2 aromatic heterocycles. The average Bonchev–Trinajstić information content (AvgIpc) is 3.50. The van der Waals surface area contributed by atoms with Gasteiger partial charge >= 0.3 is 12.3 Å². The Morgan fingerprint density at radius 3 is 2.55 bits per heavy atom. The van der Waals surface area contributed by atoms with Crippen molar-refractivity contribution in [3.05, 3.63) is 101 Å². The van der Waals surface area contributed by atoms with Crippen LogP contribution in [0.3, 0.4) is 0 Å². The number of allylic oxidation sites excluding steroid dienone is 5. The molecule has 0 fully saturated rings. The fraction of sp³-hybridized carbons (Fsp3) is 0.269. The van der Waals surface area contributed by atoms with Gasteiger partial charge in [-0.3, -0.25) is 4.79 Å². The van der Waals surface area contributed by atoms with E-state index in [1.807, 2.05) is 0 Å². The molecule has 4 rings (SSSR count). The Morgan fingerprint density at radius 2 is 1.89 bits per heavy atom. The Labute approximate surface area is 213 Å². The van der Waals surface area contributed by atoms with Gasteiger partial charge in [-0.05, 0) is 17.7 Å². The summed E-state index contributed by atoms with van der Waals surface area (Å²) in [6.07, 6.45) is 5.98. The molecule has 1 aromatic carbocycles. The summed E-state index contributed by atoms with van der Waals surface area (Å²) in [6.45, 7) is -0.325. The molecule has 38 heavy (non-hydrogen) atoms. The summed E-state index contributed by atoms with van der Waals surface area (Å²) in [5.41, 5.74) is -1.26. The number of aromatic nitrogens is 4. The third kappa shape index (κ3) is 6.31. The van der Waals surface area contributed by atoms with Crippen molar-refractivity contribution >= 4 is 11.9 Å². The highest BCUT2D eigenvalue weighted by Gasteiger charge is 2.41. The van der Waals surface area contributed by atoms with E-state index >= 15 is 0 Å². The van der Waals surface area contributed by atoms with Crippen molar-refractivity contribution in [1.29, 1.82) is 0 Å². The van der Waals surface area contributed by atoms with Crippen LogP contribution in [-0.2, 0) is 23.5 Å². The van der Waals surface area contributed by atoms with Gasteiger partial charge in [-0.15, -0.1) is 0 Å². The second kappa shape index (κ2) is 10.8. The van der Waals surface area contributed by atoms with Crippen LogP contribution in [0.5, 0.6) is 0 Å². The second-order valence-corrected chi connectivity index (χ2v) is 8.98. The Balaban J connectivity index is 1.51. The molecule has 12 heteroatoms. The zero-order chi connectivity index (χ0) is 27.5. The maximum atomic E-state index is 14.6. The van der Waals surface area contributed by atoms with Crippen LogP contribution < -0.4 is 0 Å². The Morgan fingerprint density at radius 1 is 1.11 bits per heavy atom. The van der Waals surface area contributed by atoms with Crippen molar-refractivity contribution < 1.29 is 36.2 Å². The summed E-state index contributed by atoms with van der Waals surface area (Å²) in [5.74, 6) is -6.42. The summed E-state index contributed by atoms with van der Waals surface area (Å²) in [4.78, 5) is 16.1. The van der Waals surface area contributed by atoms with Crippen LogP contribution in [0.2, 0.25) is 0 Å². The zero-order valence-corrected chi connectivity index (χ0v) is 19.7. The average molecular weight is 536 g/mol. The van der Waals surface area contributed by atoms with Crippen LogP contribution in [0.4, 0.5) is 26.3 Å². The molecule has 1 unspecified atom stereocenters. The molecular weight excluding hydrogens is 514 g/mol. The lowest BCUT2D eigenvalue weighted by atomic mass is 9.92. The number of rotatable bonds is 10. The number of carbonyl (C=O) groups is 1. The highest BCUT2D eigenvalue weighted by Crippen LogP contribution is 2.33. The lowest BCUT2D eigenvalue weighted by molar-refractivity contribution is -0.128. The minimum Gasteiger partial charge on any atom is -0.381 e. The van der Waals surface area contributed by atoms with E-state index in [2.05, 4.69) is 10.1 Å². The third-order valence-corrected chi connectivity index (χ3v) is 5.99. The molecule has 0 saturated heterocycles. The summed E-state index contributed by atoms with van der Waals surface area (Å²) >= 11 is 0. The van der Waals surface area contributed by atoms with E-state index in [1.165, 1.54) is 35.6 Å². The maximum absolute atomic E-state index is 14.6. The molecule has 0 aliphatic heterocycles. The molecule has 200 valence electrons. The van der Waals surface area contributed by atoms with Crippen molar-refractivity contribution in [2.24, 2.45) is 0 Å². The molecule has 0 radical (unpaired) electrons. The highest BCUT2D eigenvalue weighted by molar-refractivity contribution is 6.01. The van der Waals surface area contributed by atoms with E-state index in [0.29, 0.717) is 11.6 Å². The fourth-order valence-corrected chi connectivity index (χ4v) is 4.13. The van der Waals surface area contributed by atoms with Gasteiger partial charge in [0.2, 0.25) is 0 Å². The number of carbonyl (C=O) groups excluding carboxylic acids is 1. The predicted octanol–water partition coefficient (Wildman–Crippen LogP) is 5.08. The van der Waals surface area contributed by atoms with Crippen molar-refractivity contribution in [3.8, 4) is 0 Å². The number of halogens is 6. The Kier molecular flexibility index (Phi) is 7.72. The van der Waals surface area contributed by atoms with Gasteiger partial charge in [-0.25, -0.2) is 27.2 Å². The monoisotopic (exact) mass is 536 g/mol. The van der Waals surface area contributed by atoms with Crippen LogP contribution in [0.1, 0.15) is 24.0 Å². The molecule has 6 nitrogen and oxygen atoms in total. The SMILES string of the molecule is O=C1CC(CC(F)(F)C(F)F)=CC=C1/C=C/c1ccn(CC(O)(Cn2cncn2)c2ccc(F)cc2F)c1. The molecule has 0 saturated carbocycles. The molecule has 2 heterocycles. The first-order valence-electron chi connectivity index (χ1n) is 11.4. The van der Waals surface area contributed by atoms with Gasteiger partial charge < -0.3 is 9.67 Å². The fourth-order valence-electron chi connectivity index (χ4n) is 4.13. The van der Waals surface area contributed by atoms with Gasteiger partial charge in [-0.1, -0.05) is 35.9 Å². The minimum atomic E-state index is -4.21. The standard InChI is InChI=1S/C26H22F6N4O2/c27-20-5-6-21(22(28)10-20)25(38,14-36-16-33-15-34-36)13-35-8-7-17(12-35)1-3-19-4-2-18(9-23(19)37)11-26(31,32)24(29)30/h1-8,10,12,15-16,24,38H,9,11,13-14H2/b3-1+. The second-order valence-electron chi connectivity index (χ2n) is 8.98. The summed E-state index contributed by atoms with van der Waals surface area (Å²) < 4.78 is 82.4. The van der Waals surface area contributed by atoms with Gasteiger partial charge in [0.1, 0.15) is 29.9 Å². The molecule has 1 aliphatic carbocycles. The van der Waals surface area contributed by atoms with E-state index in [4.69, 9.17) is 0 Å². The predicted molar refractivity (Wildman–Crippen MR) is 125 cm³/mol. The Bertz CT molecular complexity index is 1390. The van der Waals surface area contributed by atoms with E-state index in [1.54, 1.807) is 29.1 Å². The summed E-state index contributed by atoms with van der Waals surface area (Å²) in [6, 6.07) is 4.53. The quantitative estimate of drug-likeness (QED) is 0.367. The third-order valence-electron chi connectivity index (χ3n) is 5.99. The van der Waals surface area contributed by atoms with Crippen LogP contribution in [-0.4, -0.2) is 42.6 Å².